The minimum atomic E-state index is -0.844. The van der Waals surface area contributed by atoms with E-state index in [9.17, 15) is 14.7 Å². The molecule has 0 spiro atoms. The van der Waals surface area contributed by atoms with E-state index in [4.69, 9.17) is 4.74 Å². The van der Waals surface area contributed by atoms with E-state index in [1.54, 1.807) is 4.90 Å². The number of carbonyl (C=O) groups excluding carboxylic acids is 1. The van der Waals surface area contributed by atoms with Gasteiger partial charge in [-0.1, -0.05) is 19.3 Å². The fraction of sp³-hybridized carbons (Fsp3) is 0.867. The largest absolute Gasteiger partial charge is 0.481 e. The number of rotatable bonds is 3. The molecule has 0 radical (unpaired) electrons. The van der Waals surface area contributed by atoms with Crippen molar-refractivity contribution in [3.05, 3.63) is 0 Å². The Bertz CT molecular complexity index is 385. The molecule has 1 amide bonds. The second-order valence-electron chi connectivity index (χ2n) is 6.73. The Labute approximate surface area is 120 Å². The van der Waals surface area contributed by atoms with Crippen molar-refractivity contribution < 1.29 is 19.4 Å². The van der Waals surface area contributed by atoms with Crippen molar-refractivity contribution in [3.8, 4) is 0 Å². The van der Waals surface area contributed by atoms with Crippen LogP contribution in [-0.4, -0.2) is 47.2 Å². The van der Waals surface area contributed by atoms with E-state index >= 15 is 0 Å². The van der Waals surface area contributed by atoms with Gasteiger partial charge in [0, 0.05) is 13.0 Å². The number of nitrogens with zero attached hydrogens (tertiary/aromatic N) is 1. The maximum Gasteiger partial charge on any atom is 0.310 e. The van der Waals surface area contributed by atoms with Crippen LogP contribution in [0.1, 0.15) is 52.4 Å². The Hall–Kier alpha value is -1.10. The van der Waals surface area contributed by atoms with E-state index < -0.39 is 11.4 Å². The molecule has 1 aliphatic heterocycles. The summed E-state index contributed by atoms with van der Waals surface area (Å²) in [7, 11) is 0. The Kier molecular flexibility index (Phi) is 4.37. The van der Waals surface area contributed by atoms with Gasteiger partial charge in [-0.25, -0.2) is 0 Å². The molecule has 0 aromatic heterocycles. The SMILES string of the molecule is CC1(C)COCCN1C(=O)CC1(C(=O)O)CCCCC1. The first kappa shape index (κ1) is 15.3. The van der Waals surface area contributed by atoms with Gasteiger partial charge in [0.25, 0.3) is 0 Å². The molecule has 5 nitrogen and oxygen atoms in total. The van der Waals surface area contributed by atoms with Gasteiger partial charge >= 0.3 is 5.97 Å². The van der Waals surface area contributed by atoms with Gasteiger partial charge in [0.1, 0.15) is 0 Å². The molecule has 0 aromatic carbocycles. The van der Waals surface area contributed by atoms with Crippen LogP contribution in [0.25, 0.3) is 0 Å². The summed E-state index contributed by atoms with van der Waals surface area (Å²) in [4.78, 5) is 26.1. The summed E-state index contributed by atoms with van der Waals surface area (Å²) in [6.45, 7) is 5.55. The smallest absolute Gasteiger partial charge is 0.310 e. The average molecular weight is 283 g/mol. The molecule has 114 valence electrons. The number of carbonyl (C=O) groups is 2. The fourth-order valence-electron chi connectivity index (χ4n) is 3.40. The molecule has 0 aromatic rings. The van der Waals surface area contributed by atoms with Gasteiger partial charge in [-0.2, -0.15) is 0 Å². The van der Waals surface area contributed by atoms with Crippen molar-refractivity contribution in [2.75, 3.05) is 19.8 Å². The number of carboxylic acids is 1. The van der Waals surface area contributed by atoms with Crippen molar-refractivity contribution in [1.82, 2.24) is 4.90 Å². The first-order chi connectivity index (χ1) is 9.37. The maximum atomic E-state index is 12.6. The Morgan fingerprint density at radius 1 is 1.20 bits per heavy atom. The lowest BCUT2D eigenvalue weighted by atomic mass is 9.71. The number of morpholine rings is 1. The summed E-state index contributed by atoms with van der Waals surface area (Å²) in [5.41, 5.74) is -1.19. The molecule has 1 heterocycles. The van der Waals surface area contributed by atoms with Gasteiger partial charge in [0.15, 0.2) is 0 Å². The van der Waals surface area contributed by atoms with Gasteiger partial charge < -0.3 is 14.7 Å². The lowest BCUT2D eigenvalue weighted by Gasteiger charge is -2.44. The highest BCUT2D eigenvalue weighted by atomic mass is 16.5. The van der Waals surface area contributed by atoms with E-state index in [1.807, 2.05) is 13.8 Å². The molecule has 5 heteroatoms. The minimum absolute atomic E-state index is 0.0393. The maximum absolute atomic E-state index is 12.6. The number of hydrogen-bond acceptors (Lipinski definition) is 3. The summed E-state index contributed by atoms with van der Waals surface area (Å²) >= 11 is 0. The summed E-state index contributed by atoms with van der Waals surface area (Å²) in [6, 6.07) is 0. The zero-order valence-corrected chi connectivity index (χ0v) is 12.5. The van der Waals surface area contributed by atoms with Crippen LogP contribution in [0.4, 0.5) is 0 Å². The standard InChI is InChI=1S/C15H25NO4/c1-14(2)11-20-9-8-16(14)12(17)10-15(13(18)19)6-4-3-5-7-15/h3-11H2,1-2H3,(H,18,19). The number of amides is 1. The van der Waals surface area contributed by atoms with Crippen molar-refractivity contribution in [2.45, 2.75) is 57.9 Å². The van der Waals surface area contributed by atoms with Crippen LogP contribution < -0.4 is 0 Å². The average Bonchev–Trinajstić information content (AvgIpc) is 2.38. The third-order valence-electron chi connectivity index (χ3n) is 4.70. The van der Waals surface area contributed by atoms with Crippen LogP contribution in [-0.2, 0) is 14.3 Å². The third kappa shape index (κ3) is 2.97. The highest BCUT2D eigenvalue weighted by Crippen LogP contribution is 2.40. The van der Waals surface area contributed by atoms with E-state index in [2.05, 4.69) is 0 Å². The van der Waals surface area contributed by atoms with Crippen LogP contribution in [0, 0.1) is 5.41 Å². The highest BCUT2D eigenvalue weighted by Gasteiger charge is 2.44. The molecule has 1 N–H and O–H groups in total. The Balaban J connectivity index is 2.10. The molecule has 2 rings (SSSR count). The second kappa shape index (κ2) is 5.72. The lowest BCUT2D eigenvalue weighted by molar-refractivity contribution is -0.160. The molecular weight excluding hydrogens is 258 g/mol. The van der Waals surface area contributed by atoms with Crippen molar-refractivity contribution in [2.24, 2.45) is 5.41 Å². The van der Waals surface area contributed by atoms with Gasteiger partial charge in [-0.3, -0.25) is 9.59 Å². The molecule has 0 bridgehead atoms. The lowest BCUT2D eigenvalue weighted by Crippen LogP contribution is -2.56. The Morgan fingerprint density at radius 3 is 2.40 bits per heavy atom. The van der Waals surface area contributed by atoms with Crippen LogP contribution in [0.2, 0.25) is 0 Å². The van der Waals surface area contributed by atoms with Crippen molar-refractivity contribution >= 4 is 11.9 Å². The first-order valence-electron chi connectivity index (χ1n) is 7.49. The van der Waals surface area contributed by atoms with Crippen LogP contribution in [0.5, 0.6) is 0 Å². The molecule has 0 atom stereocenters. The summed E-state index contributed by atoms with van der Waals surface area (Å²) < 4.78 is 5.42. The summed E-state index contributed by atoms with van der Waals surface area (Å²) in [5.74, 6) is -0.848. The van der Waals surface area contributed by atoms with Gasteiger partial charge in [-0.05, 0) is 26.7 Å². The number of ether oxygens (including phenoxy) is 1. The number of carboxylic acid groups (broad SMARTS) is 1. The van der Waals surface area contributed by atoms with Gasteiger partial charge in [0.05, 0.1) is 24.2 Å². The zero-order valence-electron chi connectivity index (χ0n) is 12.5. The van der Waals surface area contributed by atoms with Crippen LogP contribution in [0.3, 0.4) is 0 Å². The highest BCUT2D eigenvalue weighted by molar-refractivity contribution is 5.85. The molecule has 2 fully saturated rings. The minimum Gasteiger partial charge on any atom is -0.481 e. The quantitative estimate of drug-likeness (QED) is 0.861. The zero-order chi connectivity index (χ0) is 14.8. The molecule has 1 saturated carbocycles. The predicted octanol–water partition coefficient (Wildman–Crippen LogP) is 2.05. The van der Waals surface area contributed by atoms with Gasteiger partial charge in [-0.15, -0.1) is 0 Å². The molecule has 0 unspecified atom stereocenters. The first-order valence-corrected chi connectivity index (χ1v) is 7.49. The second-order valence-corrected chi connectivity index (χ2v) is 6.73. The Morgan fingerprint density at radius 2 is 1.85 bits per heavy atom. The monoisotopic (exact) mass is 283 g/mol. The van der Waals surface area contributed by atoms with Crippen LogP contribution >= 0.6 is 0 Å². The van der Waals surface area contributed by atoms with E-state index in [0.717, 1.165) is 19.3 Å². The predicted molar refractivity (Wildman–Crippen MR) is 74.4 cm³/mol. The molecule has 1 saturated heterocycles. The van der Waals surface area contributed by atoms with Crippen LogP contribution in [0.15, 0.2) is 0 Å². The van der Waals surface area contributed by atoms with E-state index in [1.165, 1.54) is 0 Å². The third-order valence-corrected chi connectivity index (χ3v) is 4.70. The topological polar surface area (TPSA) is 66.8 Å². The number of hydrogen-bond donors (Lipinski definition) is 1. The molecule has 1 aliphatic carbocycles. The summed E-state index contributed by atoms with van der Waals surface area (Å²) in [6.07, 6.45) is 4.27. The van der Waals surface area contributed by atoms with Crippen molar-refractivity contribution in [1.29, 1.82) is 0 Å². The number of aliphatic carboxylic acids is 1. The fourth-order valence-corrected chi connectivity index (χ4v) is 3.40. The van der Waals surface area contributed by atoms with Crippen molar-refractivity contribution in [3.63, 3.8) is 0 Å². The summed E-state index contributed by atoms with van der Waals surface area (Å²) in [5, 5.41) is 9.57. The normalized spacial score (nSPS) is 25.2. The molecule has 20 heavy (non-hydrogen) atoms. The molecule has 2 aliphatic rings. The van der Waals surface area contributed by atoms with E-state index in [0.29, 0.717) is 32.6 Å². The van der Waals surface area contributed by atoms with E-state index in [-0.39, 0.29) is 17.9 Å². The molecular formula is C15H25NO4. The van der Waals surface area contributed by atoms with Gasteiger partial charge in [0.2, 0.25) is 5.91 Å².